The SMILES string of the molecule is CCN(CC)C(C(C)C)C(C)O. The van der Waals surface area contributed by atoms with E-state index in [1.165, 1.54) is 0 Å². The fourth-order valence-corrected chi connectivity index (χ4v) is 1.93. The number of aliphatic hydroxyl groups excluding tert-OH is 1. The standard InChI is InChI=1S/C10H23NO/c1-6-11(7-2)10(8(3)4)9(5)12/h8-10,12H,6-7H2,1-5H3. The van der Waals surface area contributed by atoms with Gasteiger partial charge in [0.25, 0.3) is 0 Å². The van der Waals surface area contributed by atoms with Gasteiger partial charge in [-0.2, -0.15) is 0 Å². The monoisotopic (exact) mass is 173 g/mol. The van der Waals surface area contributed by atoms with E-state index < -0.39 is 0 Å². The van der Waals surface area contributed by atoms with Crippen molar-refractivity contribution in [2.75, 3.05) is 13.1 Å². The van der Waals surface area contributed by atoms with E-state index in [4.69, 9.17) is 0 Å². The first-order valence-corrected chi connectivity index (χ1v) is 4.96. The number of hydrogen-bond acceptors (Lipinski definition) is 2. The van der Waals surface area contributed by atoms with Crippen molar-refractivity contribution in [2.24, 2.45) is 5.92 Å². The first kappa shape index (κ1) is 11.9. The molecule has 0 aliphatic heterocycles. The predicted molar refractivity (Wildman–Crippen MR) is 53.2 cm³/mol. The fourth-order valence-electron chi connectivity index (χ4n) is 1.93. The summed E-state index contributed by atoms with van der Waals surface area (Å²) in [6.07, 6.45) is -0.232. The lowest BCUT2D eigenvalue weighted by Crippen LogP contribution is -2.45. The molecule has 0 fully saturated rings. The van der Waals surface area contributed by atoms with Gasteiger partial charge in [0.15, 0.2) is 0 Å². The second kappa shape index (κ2) is 5.55. The van der Waals surface area contributed by atoms with Crippen molar-refractivity contribution in [3.63, 3.8) is 0 Å². The van der Waals surface area contributed by atoms with Crippen LogP contribution in [0.2, 0.25) is 0 Å². The lowest BCUT2D eigenvalue weighted by molar-refractivity contribution is 0.0403. The summed E-state index contributed by atoms with van der Waals surface area (Å²) < 4.78 is 0. The zero-order valence-corrected chi connectivity index (χ0v) is 9.04. The van der Waals surface area contributed by atoms with Crippen LogP contribution in [0.3, 0.4) is 0 Å². The van der Waals surface area contributed by atoms with E-state index in [-0.39, 0.29) is 6.10 Å². The summed E-state index contributed by atoms with van der Waals surface area (Å²) >= 11 is 0. The first-order chi connectivity index (χ1) is 5.54. The number of rotatable bonds is 5. The second-order valence-electron chi connectivity index (χ2n) is 3.70. The molecule has 0 spiro atoms. The van der Waals surface area contributed by atoms with Crippen molar-refractivity contribution in [1.82, 2.24) is 4.90 Å². The Morgan fingerprint density at radius 2 is 1.50 bits per heavy atom. The Labute approximate surface area is 76.6 Å². The molecule has 0 aliphatic rings. The smallest absolute Gasteiger partial charge is 0.0669 e. The van der Waals surface area contributed by atoms with Crippen molar-refractivity contribution in [3.8, 4) is 0 Å². The lowest BCUT2D eigenvalue weighted by atomic mass is 9.98. The van der Waals surface area contributed by atoms with Gasteiger partial charge in [0.05, 0.1) is 6.10 Å². The molecule has 74 valence electrons. The fraction of sp³-hybridized carbons (Fsp3) is 1.00. The molecule has 0 bridgehead atoms. The second-order valence-corrected chi connectivity index (χ2v) is 3.70. The van der Waals surface area contributed by atoms with E-state index >= 15 is 0 Å². The highest BCUT2D eigenvalue weighted by molar-refractivity contribution is 4.77. The van der Waals surface area contributed by atoms with Gasteiger partial charge < -0.3 is 5.11 Å². The van der Waals surface area contributed by atoms with Crippen LogP contribution in [0.1, 0.15) is 34.6 Å². The third kappa shape index (κ3) is 3.11. The van der Waals surface area contributed by atoms with E-state index in [9.17, 15) is 5.11 Å². The Bertz CT molecular complexity index is 100. The molecule has 0 heterocycles. The highest BCUT2D eigenvalue weighted by Crippen LogP contribution is 2.14. The normalized spacial score (nSPS) is 17.0. The van der Waals surface area contributed by atoms with Crippen LogP contribution in [-0.4, -0.2) is 35.2 Å². The number of hydrogen-bond donors (Lipinski definition) is 1. The highest BCUT2D eigenvalue weighted by atomic mass is 16.3. The maximum absolute atomic E-state index is 9.57. The zero-order valence-electron chi connectivity index (χ0n) is 9.04. The predicted octanol–water partition coefficient (Wildman–Crippen LogP) is 1.73. The molecule has 2 nitrogen and oxygen atoms in total. The van der Waals surface area contributed by atoms with E-state index in [1.807, 2.05) is 6.92 Å². The van der Waals surface area contributed by atoms with Crippen LogP contribution in [0.25, 0.3) is 0 Å². The Hall–Kier alpha value is -0.0800. The molecule has 2 atom stereocenters. The Morgan fingerprint density at radius 3 is 1.58 bits per heavy atom. The molecule has 2 heteroatoms. The van der Waals surface area contributed by atoms with E-state index in [0.717, 1.165) is 13.1 Å². The minimum absolute atomic E-state index is 0.232. The summed E-state index contributed by atoms with van der Waals surface area (Å²) in [4.78, 5) is 2.31. The molecule has 2 unspecified atom stereocenters. The van der Waals surface area contributed by atoms with Gasteiger partial charge in [-0.25, -0.2) is 0 Å². The van der Waals surface area contributed by atoms with Gasteiger partial charge >= 0.3 is 0 Å². The molecule has 0 aromatic heterocycles. The van der Waals surface area contributed by atoms with Gasteiger partial charge in [0, 0.05) is 6.04 Å². The van der Waals surface area contributed by atoms with Gasteiger partial charge in [-0.05, 0) is 25.9 Å². The van der Waals surface area contributed by atoms with Gasteiger partial charge in [0.1, 0.15) is 0 Å². The third-order valence-electron chi connectivity index (χ3n) is 2.41. The topological polar surface area (TPSA) is 23.5 Å². The van der Waals surface area contributed by atoms with E-state index in [2.05, 4.69) is 32.6 Å². The van der Waals surface area contributed by atoms with Crippen LogP contribution in [0.5, 0.6) is 0 Å². The number of likely N-dealkylation sites (N-methyl/N-ethyl adjacent to an activating group) is 1. The molecule has 0 amide bonds. The minimum atomic E-state index is -0.232. The van der Waals surface area contributed by atoms with Crippen LogP contribution in [0.15, 0.2) is 0 Å². The summed E-state index contributed by atoms with van der Waals surface area (Å²) in [5, 5.41) is 9.57. The van der Waals surface area contributed by atoms with Crippen molar-refractivity contribution >= 4 is 0 Å². The van der Waals surface area contributed by atoms with Crippen molar-refractivity contribution in [1.29, 1.82) is 0 Å². The molecule has 12 heavy (non-hydrogen) atoms. The Kier molecular flexibility index (Phi) is 5.51. The molecule has 0 aromatic carbocycles. The lowest BCUT2D eigenvalue weighted by Gasteiger charge is -2.34. The van der Waals surface area contributed by atoms with Crippen LogP contribution in [0, 0.1) is 5.92 Å². The molecule has 0 radical (unpaired) electrons. The average molecular weight is 173 g/mol. The van der Waals surface area contributed by atoms with Crippen molar-refractivity contribution in [2.45, 2.75) is 46.8 Å². The van der Waals surface area contributed by atoms with Crippen molar-refractivity contribution < 1.29 is 5.11 Å². The summed E-state index contributed by atoms with van der Waals surface area (Å²) in [5.41, 5.74) is 0. The van der Waals surface area contributed by atoms with Gasteiger partial charge in [-0.1, -0.05) is 27.7 Å². The summed E-state index contributed by atoms with van der Waals surface area (Å²) in [5.74, 6) is 0.518. The molecule has 0 saturated carbocycles. The van der Waals surface area contributed by atoms with Gasteiger partial charge in [-0.15, -0.1) is 0 Å². The van der Waals surface area contributed by atoms with Crippen LogP contribution >= 0.6 is 0 Å². The van der Waals surface area contributed by atoms with Crippen LogP contribution in [-0.2, 0) is 0 Å². The number of nitrogens with zero attached hydrogens (tertiary/aromatic N) is 1. The molecule has 1 N–H and O–H groups in total. The third-order valence-corrected chi connectivity index (χ3v) is 2.41. The largest absolute Gasteiger partial charge is 0.392 e. The quantitative estimate of drug-likeness (QED) is 0.684. The van der Waals surface area contributed by atoms with Crippen molar-refractivity contribution in [3.05, 3.63) is 0 Å². The summed E-state index contributed by atoms with van der Waals surface area (Å²) in [6.45, 7) is 12.5. The molecular weight excluding hydrogens is 150 g/mol. The molecular formula is C10H23NO. The molecule has 0 aromatic rings. The number of aliphatic hydroxyl groups is 1. The first-order valence-electron chi connectivity index (χ1n) is 4.96. The van der Waals surface area contributed by atoms with Gasteiger partial charge in [0.2, 0.25) is 0 Å². The van der Waals surface area contributed by atoms with E-state index in [1.54, 1.807) is 0 Å². The summed E-state index contributed by atoms with van der Waals surface area (Å²) in [6, 6.07) is 0.306. The minimum Gasteiger partial charge on any atom is -0.392 e. The highest BCUT2D eigenvalue weighted by Gasteiger charge is 2.23. The van der Waals surface area contributed by atoms with Crippen LogP contribution < -0.4 is 0 Å². The Balaban J connectivity index is 4.26. The zero-order chi connectivity index (χ0) is 9.72. The van der Waals surface area contributed by atoms with Crippen LogP contribution in [0.4, 0.5) is 0 Å². The summed E-state index contributed by atoms with van der Waals surface area (Å²) in [7, 11) is 0. The maximum atomic E-state index is 9.57. The molecule has 0 saturated heterocycles. The molecule has 0 aliphatic carbocycles. The average Bonchev–Trinajstić information content (AvgIpc) is 1.98. The van der Waals surface area contributed by atoms with Gasteiger partial charge in [-0.3, -0.25) is 4.90 Å². The Morgan fingerprint density at radius 1 is 1.08 bits per heavy atom. The molecule has 0 rings (SSSR count). The van der Waals surface area contributed by atoms with E-state index in [0.29, 0.717) is 12.0 Å². The maximum Gasteiger partial charge on any atom is 0.0669 e.